The van der Waals surface area contributed by atoms with E-state index in [1.807, 2.05) is 32.0 Å². The Kier molecular flexibility index (Phi) is 4.59. The van der Waals surface area contributed by atoms with E-state index in [2.05, 4.69) is 15.4 Å². The van der Waals surface area contributed by atoms with Crippen LogP contribution in [0.5, 0.6) is 5.75 Å². The highest BCUT2D eigenvalue weighted by molar-refractivity contribution is 5.95. The first-order valence-electron chi connectivity index (χ1n) is 10.4. The van der Waals surface area contributed by atoms with Gasteiger partial charge in [0.05, 0.1) is 30.0 Å². The van der Waals surface area contributed by atoms with Crippen molar-refractivity contribution in [3.63, 3.8) is 0 Å². The zero-order chi connectivity index (χ0) is 20.0. The molecule has 7 heteroatoms. The lowest BCUT2D eigenvalue weighted by atomic mass is 9.83. The highest BCUT2D eigenvalue weighted by atomic mass is 16.5. The van der Waals surface area contributed by atoms with Gasteiger partial charge in [0.25, 0.3) is 0 Å². The van der Waals surface area contributed by atoms with Crippen LogP contribution in [0.2, 0.25) is 0 Å². The van der Waals surface area contributed by atoms with Crippen LogP contribution in [0.25, 0.3) is 11.1 Å². The van der Waals surface area contributed by atoms with Crippen LogP contribution in [0.3, 0.4) is 0 Å². The van der Waals surface area contributed by atoms with Gasteiger partial charge in [0.15, 0.2) is 0 Å². The van der Waals surface area contributed by atoms with Crippen molar-refractivity contribution in [1.82, 2.24) is 10.1 Å². The maximum atomic E-state index is 12.2. The Hall–Kier alpha value is -2.38. The lowest BCUT2D eigenvalue weighted by Crippen LogP contribution is -2.71. The number of benzene rings is 1. The molecule has 3 aliphatic rings. The van der Waals surface area contributed by atoms with Gasteiger partial charge in [-0.25, -0.2) is 0 Å². The van der Waals surface area contributed by atoms with Crippen LogP contribution in [0.15, 0.2) is 22.7 Å². The first kappa shape index (κ1) is 18.6. The van der Waals surface area contributed by atoms with E-state index in [9.17, 15) is 4.79 Å². The molecule has 3 fully saturated rings. The molecule has 3 heterocycles. The molecule has 1 aliphatic carbocycles. The number of aryl methyl sites for hydroxylation is 2. The second-order valence-corrected chi connectivity index (χ2v) is 8.48. The predicted molar refractivity (Wildman–Crippen MR) is 108 cm³/mol. The molecule has 154 valence electrons. The number of carbonyl (C=O) groups is 1. The summed E-state index contributed by atoms with van der Waals surface area (Å²) in [7, 11) is 0. The summed E-state index contributed by atoms with van der Waals surface area (Å²) in [5.74, 6) is 1.77. The van der Waals surface area contributed by atoms with Crippen molar-refractivity contribution in [2.75, 3.05) is 38.2 Å². The molecule has 0 atom stereocenters. The first-order valence-corrected chi connectivity index (χ1v) is 10.4. The smallest absolute Gasteiger partial charge is 0.227 e. The summed E-state index contributed by atoms with van der Waals surface area (Å²) in [6.45, 7) is 8.09. The fraction of sp³-hybridized carbons (Fsp3) is 0.545. The number of ether oxygens (including phenoxy) is 2. The monoisotopic (exact) mass is 397 g/mol. The number of rotatable bonds is 7. The van der Waals surface area contributed by atoms with Crippen LogP contribution in [0.1, 0.15) is 30.7 Å². The van der Waals surface area contributed by atoms with Gasteiger partial charge in [0, 0.05) is 30.3 Å². The zero-order valence-electron chi connectivity index (χ0n) is 17.0. The highest BCUT2D eigenvalue weighted by Crippen LogP contribution is 2.39. The lowest BCUT2D eigenvalue weighted by molar-refractivity contribution is -0.193. The molecule has 2 aromatic rings. The molecule has 1 amide bonds. The minimum Gasteiger partial charge on any atom is -0.492 e. The number of hydrogen-bond acceptors (Lipinski definition) is 6. The minimum absolute atomic E-state index is 0.0918. The average Bonchev–Trinajstić information content (AvgIpc) is 3.43. The van der Waals surface area contributed by atoms with Crippen molar-refractivity contribution in [3.05, 3.63) is 29.7 Å². The van der Waals surface area contributed by atoms with Crippen molar-refractivity contribution < 1.29 is 18.8 Å². The van der Waals surface area contributed by atoms with Crippen molar-refractivity contribution in [1.29, 1.82) is 0 Å². The van der Waals surface area contributed by atoms with E-state index in [0.717, 1.165) is 73.2 Å². The van der Waals surface area contributed by atoms with Gasteiger partial charge in [-0.2, -0.15) is 0 Å². The molecule has 0 unspecified atom stereocenters. The van der Waals surface area contributed by atoms with E-state index in [4.69, 9.17) is 14.0 Å². The van der Waals surface area contributed by atoms with Crippen molar-refractivity contribution in [2.24, 2.45) is 5.92 Å². The van der Waals surface area contributed by atoms with Crippen LogP contribution in [-0.2, 0) is 9.53 Å². The standard InChI is InChI=1S/C22H27N3O4/c1-14-20(15(2)29-24-14)18-11-17(23-21(26)16-3-4-16)5-6-19(18)28-10-9-25-8-7-22(25)12-27-13-22/h5-6,11,16H,3-4,7-10,12-13H2,1-2H3,(H,23,26). The quantitative estimate of drug-likeness (QED) is 0.773. The Balaban J connectivity index is 1.34. The molecule has 1 aromatic heterocycles. The van der Waals surface area contributed by atoms with E-state index in [1.54, 1.807) is 0 Å². The van der Waals surface area contributed by atoms with Crippen molar-refractivity contribution in [3.8, 4) is 16.9 Å². The molecule has 7 nitrogen and oxygen atoms in total. The van der Waals surface area contributed by atoms with Gasteiger partial charge >= 0.3 is 0 Å². The summed E-state index contributed by atoms with van der Waals surface area (Å²) in [6, 6.07) is 5.80. The Morgan fingerprint density at radius 1 is 1.34 bits per heavy atom. The molecule has 2 aliphatic heterocycles. The van der Waals surface area contributed by atoms with Crippen LogP contribution in [0, 0.1) is 19.8 Å². The van der Waals surface area contributed by atoms with Gasteiger partial charge in [-0.15, -0.1) is 0 Å². The van der Waals surface area contributed by atoms with Gasteiger partial charge in [0.2, 0.25) is 5.91 Å². The van der Waals surface area contributed by atoms with E-state index >= 15 is 0 Å². The number of carbonyl (C=O) groups excluding carboxylic acids is 1. The van der Waals surface area contributed by atoms with E-state index in [0.29, 0.717) is 6.61 Å². The maximum Gasteiger partial charge on any atom is 0.227 e. The molecule has 5 rings (SSSR count). The number of hydrogen-bond donors (Lipinski definition) is 1. The molecule has 2 saturated heterocycles. The van der Waals surface area contributed by atoms with Gasteiger partial charge in [0.1, 0.15) is 18.1 Å². The van der Waals surface area contributed by atoms with E-state index < -0.39 is 0 Å². The number of nitrogens with zero attached hydrogens (tertiary/aromatic N) is 2. The van der Waals surface area contributed by atoms with E-state index in [-0.39, 0.29) is 17.4 Å². The van der Waals surface area contributed by atoms with Crippen LogP contribution in [-0.4, -0.2) is 54.4 Å². The third-order valence-electron chi connectivity index (χ3n) is 6.38. The molecule has 1 saturated carbocycles. The van der Waals surface area contributed by atoms with Crippen LogP contribution >= 0.6 is 0 Å². The van der Waals surface area contributed by atoms with Crippen molar-refractivity contribution >= 4 is 11.6 Å². The molecule has 1 aromatic carbocycles. The Labute approximate surface area is 170 Å². The maximum absolute atomic E-state index is 12.2. The number of anilines is 1. The van der Waals surface area contributed by atoms with Gasteiger partial charge in [-0.3, -0.25) is 9.69 Å². The zero-order valence-corrected chi connectivity index (χ0v) is 17.0. The van der Waals surface area contributed by atoms with Gasteiger partial charge in [-0.1, -0.05) is 5.16 Å². The molecule has 1 N–H and O–H groups in total. The first-order chi connectivity index (χ1) is 14.1. The van der Waals surface area contributed by atoms with Crippen molar-refractivity contribution in [2.45, 2.75) is 38.6 Å². The molecule has 1 spiro atoms. The third kappa shape index (κ3) is 3.42. The Morgan fingerprint density at radius 3 is 2.76 bits per heavy atom. The fourth-order valence-electron chi connectivity index (χ4n) is 4.25. The molecule has 0 radical (unpaired) electrons. The summed E-state index contributed by atoms with van der Waals surface area (Å²) in [4.78, 5) is 14.6. The van der Waals surface area contributed by atoms with E-state index in [1.165, 1.54) is 6.42 Å². The lowest BCUT2D eigenvalue weighted by Gasteiger charge is -2.57. The number of nitrogens with one attached hydrogen (secondary N) is 1. The Bertz CT molecular complexity index is 905. The Morgan fingerprint density at radius 2 is 2.17 bits per heavy atom. The minimum atomic E-state index is 0.0918. The molecule has 29 heavy (non-hydrogen) atoms. The normalized spacial score (nSPS) is 20.2. The molecular weight excluding hydrogens is 370 g/mol. The summed E-state index contributed by atoms with van der Waals surface area (Å²) in [6.07, 6.45) is 3.17. The number of aromatic nitrogens is 1. The summed E-state index contributed by atoms with van der Waals surface area (Å²) in [5.41, 5.74) is 3.68. The van der Waals surface area contributed by atoms with Crippen LogP contribution < -0.4 is 10.1 Å². The fourth-order valence-corrected chi connectivity index (χ4v) is 4.25. The second kappa shape index (κ2) is 7.15. The topological polar surface area (TPSA) is 76.8 Å². The summed E-state index contributed by atoms with van der Waals surface area (Å²) in [5, 5.41) is 7.11. The third-order valence-corrected chi connectivity index (χ3v) is 6.38. The molecule has 0 bridgehead atoms. The second-order valence-electron chi connectivity index (χ2n) is 8.48. The number of amides is 1. The summed E-state index contributed by atoms with van der Waals surface area (Å²) < 4.78 is 17.0. The van der Waals surface area contributed by atoms with Gasteiger partial charge in [-0.05, 0) is 51.3 Å². The largest absolute Gasteiger partial charge is 0.492 e. The predicted octanol–water partition coefficient (Wildman–Crippen LogP) is 3.16. The average molecular weight is 397 g/mol. The number of likely N-dealkylation sites (tertiary alicyclic amines) is 1. The summed E-state index contributed by atoms with van der Waals surface area (Å²) >= 11 is 0. The highest BCUT2D eigenvalue weighted by Gasteiger charge is 2.50. The molecular formula is C22H27N3O4. The van der Waals surface area contributed by atoms with Gasteiger partial charge < -0.3 is 19.3 Å². The SMILES string of the molecule is Cc1noc(C)c1-c1cc(NC(=O)C2CC2)ccc1OCCN1CCC12COC2. The van der Waals surface area contributed by atoms with Crippen LogP contribution in [0.4, 0.5) is 5.69 Å².